The summed E-state index contributed by atoms with van der Waals surface area (Å²) in [4.78, 5) is 22.8. The zero-order valence-corrected chi connectivity index (χ0v) is 11.6. The van der Waals surface area contributed by atoms with Crippen molar-refractivity contribution in [3.8, 4) is 0 Å². The van der Waals surface area contributed by atoms with E-state index >= 15 is 0 Å². The third-order valence-corrected chi connectivity index (χ3v) is 2.71. The average molecular weight is 288 g/mol. The minimum Gasteiger partial charge on any atom is -0.364 e. The van der Waals surface area contributed by atoms with Crippen LogP contribution in [0.25, 0.3) is 0 Å². The fourth-order valence-electron chi connectivity index (χ4n) is 1.73. The Morgan fingerprint density at radius 2 is 1.95 bits per heavy atom. The van der Waals surface area contributed by atoms with Crippen LogP contribution in [0.1, 0.15) is 19.0 Å². The highest BCUT2D eigenvalue weighted by Crippen LogP contribution is 2.28. The van der Waals surface area contributed by atoms with E-state index in [2.05, 4.69) is 25.6 Å². The highest BCUT2D eigenvalue weighted by Gasteiger charge is 2.22. The van der Waals surface area contributed by atoms with Crippen LogP contribution < -0.4 is 10.6 Å². The Morgan fingerprint density at radius 1 is 1.19 bits per heavy atom. The van der Waals surface area contributed by atoms with Crippen molar-refractivity contribution in [2.45, 2.75) is 19.9 Å². The van der Waals surface area contributed by atoms with Gasteiger partial charge in [0.05, 0.1) is 17.2 Å². The standard InChI is InChI=1S/C13H16N6O2/c1-2-6-15-12-11(19(20)21)13(18-9-17-12)16-8-10-5-3-4-7-14-10/h3-5,7,9H,2,6,8H2,1H3,(H2,15,16,17,18). The molecule has 110 valence electrons. The van der Waals surface area contributed by atoms with E-state index in [1.807, 2.05) is 25.1 Å². The number of pyridine rings is 1. The maximum atomic E-state index is 11.2. The van der Waals surface area contributed by atoms with E-state index in [0.717, 1.165) is 12.1 Å². The molecule has 0 saturated carbocycles. The summed E-state index contributed by atoms with van der Waals surface area (Å²) in [6.07, 6.45) is 3.81. The van der Waals surface area contributed by atoms with Gasteiger partial charge in [-0.05, 0) is 18.6 Å². The van der Waals surface area contributed by atoms with Crippen molar-refractivity contribution in [2.75, 3.05) is 17.2 Å². The van der Waals surface area contributed by atoms with Crippen molar-refractivity contribution in [3.63, 3.8) is 0 Å². The number of hydrogen-bond acceptors (Lipinski definition) is 7. The molecular formula is C13H16N6O2. The summed E-state index contributed by atoms with van der Waals surface area (Å²) < 4.78 is 0. The normalized spacial score (nSPS) is 10.1. The van der Waals surface area contributed by atoms with Gasteiger partial charge in [0, 0.05) is 12.7 Å². The Kier molecular flexibility index (Phi) is 4.97. The van der Waals surface area contributed by atoms with Crippen molar-refractivity contribution >= 4 is 17.3 Å². The minimum absolute atomic E-state index is 0.151. The molecule has 0 unspecified atom stereocenters. The third kappa shape index (κ3) is 3.85. The smallest absolute Gasteiger partial charge is 0.353 e. The largest absolute Gasteiger partial charge is 0.364 e. The van der Waals surface area contributed by atoms with Gasteiger partial charge in [-0.3, -0.25) is 15.1 Å². The minimum atomic E-state index is -0.487. The van der Waals surface area contributed by atoms with Crippen molar-refractivity contribution in [1.82, 2.24) is 15.0 Å². The molecule has 0 saturated heterocycles. The van der Waals surface area contributed by atoms with Crippen LogP contribution in [0.15, 0.2) is 30.7 Å². The SMILES string of the molecule is CCCNc1ncnc(NCc2ccccn2)c1[N+](=O)[O-]. The molecule has 2 N–H and O–H groups in total. The zero-order chi connectivity index (χ0) is 15.1. The molecular weight excluding hydrogens is 272 g/mol. The van der Waals surface area contributed by atoms with Crippen molar-refractivity contribution in [1.29, 1.82) is 0 Å². The second kappa shape index (κ2) is 7.13. The Labute approximate surface area is 121 Å². The van der Waals surface area contributed by atoms with Gasteiger partial charge in [-0.15, -0.1) is 0 Å². The van der Waals surface area contributed by atoms with Gasteiger partial charge in [-0.1, -0.05) is 13.0 Å². The lowest BCUT2D eigenvalue weighted by molar-refractivity contribution is -0.383. The molecule has 0 atom stereocenters. The molecule has 0 aliphatic rings. The van der Waals surface area contributed by atoms with Gasteiger partial charge in [0.25, 0.3) is 0 Å². The second-order valence-electron chi connectivity index (χ2n) is 4.28. The third-order valence-electron chi connectivity index (χ3n) is 2.71. The summed E-state index contributed by atoms with van der Waals surface area (Å²) in [5.74, 6) is 0.402. The fourth-order valence-corrected chi connectivity index (χ4v) is 1.73. The summed E-state index contributed by atoms with van der Waals surface area (Å²) in [5.41, 5.74) is 0.621. The molecule has 0 aromatic carbocycles. The number of nitro groups is 1. The predicted octanol–water partition coefficient (Wildman–Crippen LogP) is 2.21. The second-order valence-corrected chi connectivity index (χ2v) is 4.28. The predicted molar refractivity (Wildman–Crippen MR) is 79.0 cm³/mol. The molecule has 0 fully saturated rings. The Bertz CT molecular complexity index is 605. The first-order chi connectivity index (χ1) is 10.2. The molecule has 21 heavy (non-hydrogen) atoms. The molecule has 0 spiro atoms. The van der Waals surface area contributed by atoms with Gasteiger partial charge in [0.15, 0.2) is 0 Å². The van der Waals surface area contributed by atoms with Crippen molar-refractivity contribution in [2.24, 2.45) is 0 Å². The summed E-state index contributed by atoms with van der Waals surface area (Å²) in [5, 5.41) is 17.1. The van der Waals surface area contributed by atoms with Crippen molar-refractivity contribution < 1.29 is 4.92 Å². The zero-order valence-electron chi connectivity index (χ0n) is 11.6. The lowest BCUT2D eigenvalue weighted by atomic mass is 10.3. The van der Waals surface area contributed by atoms with Crippen LogP contribution in [-0.2, 0) is 6.54 Å². The van der Waals surface area contributed by atoms with E-state index in [9.17, 15) is 10.1 Å². The van der Waals surface area contributed by atoms with Crippen LogP contribution in [0.3, 0.4) is 0 Å². The number of hydrogen-bond donors (Lipinski definition) is 2. The Balaban J connectivity index is 2.20. The summed E-state index contributed by atoms with van der Waals surface area (Å²) >= 11 is 0. The number of nitrogens with one attached hydrogen (secondary N) is 2. The first kappa shape index (κ1) is 14.6. The van der Waals surface area contributed by atoms with E-state index in [4.69, 9.17) is 0 Å². The quantitative estimate of drug-likeness (QED) is 0.594. The fraction of sp³-hybridized carbons (Fsp3) is 0.308. The molecule has 2 rings (SSSR count). The Morgan fingerprint density at radius 3 is 2.57 bits per heavy atom. The van der Waals surface area contributed by atoms with E-state index in [0.29, 0.717) is 13.1 Å². The van der Waals surface area contributed by atoms with E-state index in [1.165, 1.54) is 6.33 Å². The van der Waals surface area contributed by atoms with Gasteiger partial charge < -0.3 is 10.6 Å². The van der Waals surface area contributed by atoms with E-state index in [1.54, 1.807) is 6.20 Å². The molecule has 0 aliphatic carbocycles. The monoisotopic (exact) mass is 288 g/mol. The maximum absolute atomic E-state index is 11.2. The number of nitrogens with zero attached hydrogens (tertiary/aromatic N) is 4. The molecule has 0 bridgehead atoms. The van der Waals surface area contributed by atoms with Gasteiger partial charge in [-0.25, -0.2) is 9.97 Å². The summed E-state index contributed by atoms with van der Waals surface area (Å²) in [7, 11) is 0. The van der Waals surface area contributed by atoms with Crippen LogP contribution in [0.5, 0.6) is 0 Å². The molecule has 0 radical (unpaired) electrons. The highest BCUT2D eigenvalue weighted by molar-refractivity contribution is 5.69. The molecule has 2 aromatic rings. The maximum Gasteiger partial charge on any atom is 0.353 e. The van der Waals surface area contributed by atoms with Crippen LogP contribution >= 0.6 is 0 Å². The molecule has 8 heteroatoms. The molecule has 8 nitrogen and oxygen atoms in total. The summed E-state index contributed by atoms with van der Waals surface area (Å²) in [6, 6.07) is 5.49. The Hall–Kier alpha value is -2.77. The first-order valence-electron chi connectivity index (χ1n) is 6.59. The van der Waals surface area contributed by atoms with Crippen LogP contribution in [0.2, 0.25) is 0 Å². The van der Waals surface area contributed by atoms with Gasteiger partial charge in [-0.2, -0.15) is 0 Å². The molecule has 0 aliphatic heterocycles. The van der Waals surface area contributed by atoms with Gasteiger partial charge >= 0.3 is 5.69 Å². The van der Waals surface area contributed by atoms with Gasteiger partial charge in [0.2, 0.25) is 11.6 Å². The van der Waals surface area contributed by atoms with Crippen LogP contribution in [0, 0.1) is 10.1 Å². The highest BCUT2D eigenvalue weighted by atomic mass is 16.6. The average Bonchev–Trinajstić information content (AvgIpc) is 2.51. The van der Waals surface area contributed by atoms with Crippen LogP contribution in [0.4, 0.5) is 17.3 Å². The van der Waals surface area contributed by atoms with Crippen LogP contribution in [-0.4, -0.2) is 26.4 Å². The molecule has 0 amide bonds. The first-order valence-corrected chi connectivity index (χ1v) is 6.59. The van der Waals surface area contributed by atoms with Gasteiger partial charge in [0.1, 0.15) is 6.33 Å². The van der Waals surface area contributed by atoms with E-state index < -0.39 is 4.92 Å². The topological polar surface area (TPSA) is 106 Å². The lowest BCUT2D eigenvalue weighted by Crippen LogP contribution is -2.10. The number of anilines is 2. The number of rotatable bonds is 7. The molecule has 2 aromatic heterocycles. The lowest BCUT2D eigenvalue weighted by Gasteiger charge is -2.09. The van der Waals surface area contributed by atoms with E-state index in [-0.39, 0.29) is 17.3 Å². The van der Waals surface area contributed by atoms with Crippen molar-refractivity contribution in [3.05, 3.63) is 46.5 Å². The summed E-state index contributed by atoms with van der Waals surface area (Å²) in [6.45, 7) is 2.93. The number of aromatic nitrogens is 3. The molecule has 2 heterocycles.